The van der Waals surface area contributed by atoms with Crippen molar-refractivity contribution >= 4 is 8.81 Å². The largest absolute Gasteiger partial charge is 0.376 e. The first-order valence-electron chi connectivity index (χ1n) is 3.87. The Balaban J connectivity index is 3.00. The predicted octanol–water partition coefficient (Wildman–Crippen LogP) is 2.81. The third-order valence-electron chi connectivity index (χ3n) is 1.90. The van der Waals surface area contributed by atoms with E-state index in [1.54, 1.807) is 6.08 Å². The van der Waals surface area contributed by atoms with Gasteiger partial charge in [0.05, 0.1) is 0 Å². The molecule has 0 aliphatic heterocycles. The Hall–Kier alpha value is -0.650. The first-order valence-corrected chi connectivity index (χ1v) is 4.89. The number of aryl methyl sites for hydroxylation is 1. The lowest BCUT2D eigenvalue weighted by molar-refractivity contribution is 0.639. The topological polar surface area (TPSA) is 20.2 Å². The first kappa shape index (κ1) is 9.44. The molecule has 0 saturated heterocycles. The molecule has 1 aromatic carbocycles. The van der Waals surface area contributed by atoms with E-state index in [0.29, 0.717) is 0 Å². The minimum absolute atomic E-state index is 0.0953. The number of benzene rings is 1. The summed E-state index contributed by atoms with van der Waals surface area (Å²) in [6.45, 7) is 5.74. The van der Waals surface area contributed by atoms with Crippen molar-refractivity contribution in [3.05, 3.63) is 48.0 Å². The van der Waals surface area contributed by atoms with E-state index in [-0.39, 0.29) is 14.5 Å². The molecule has 0 aromatic heterocycles. The van der Waals surface area contributed by atoms with Crippen LogP contribution in [0, 0.1) is 6.92 Å². The summed E-state index contributed by atoms with van der Waals surface area (Å²) in [4.78, 5) is 9.06. The van der Waals surface area contributed by atoms with E-state index in [1.165, 1.54) is 11.1 Å². The summed E-state index contributed by atoms with van der Waals surface area (Å²) >= 11 is 0. The molecule has 2 unspecified atom stereocenters. The second-order valence-corrected chi connectivity index (χ2v) is 3.58. The van der Waals surface area contributed by atoms with Crippen LogP contribution in [-0.2, 0) is 0 Å². The molecule has 1 aromatic rings. The number of allylic oxidation sites excluding steroid dienone is 1. The Morgan fingerprint density at radius 3 is 2.67 bits per heavy atom. The van der Waals surface area contributed by atoms with Crippen LogP contribution in [0.4, 0.5) is 0 Å². The summed E-state index contributed by atoms with van der Waals surface area (Å²) in [7, 11) is -0.0953. The lowest BCUT2D eigenvalue weighted by Crippen LogP contribution is -1.90. The van der Waals surface area contributed by atoms with Gasteiger partial charge >= 0.3 is 0 Å². The molecule has 1 rings (SSSR count). The monoisotopic (exact) mass is 180 g/mol. The highest BCUT2D eigenvalue weighted by molar-refractivity contribution is 7.31. The van der Waals surface area contributed by atoms with Crippen molar-refractivity contribution in [3.63, 3.8) is 0 Å². The zero-order valence-electron chi connectivity index (χ0n) is 7.12. The third kappa shape index (κ3) is 1.94. The summed E-state index contributed by atoms with van der Waals surface area (Å²) in [5.41, 5.74) is 2.49. The number of hydrogen-bond acceptors (Lipinski definition) is 1. The summed E-state index contributed by atoms with van der Waals surface area (Å²) < 4.78 is 0. The molecule has 0 aliphatic carbocycles. The molecule has 0 fully saturated rings. The maximum atomic E-state index is 9.06. The molecule has 64 valence electrons. The van der Waals surface area contributed by atoms with Crippen LogP contribution >= 0.6 is 8.81 Å². The maximum absolute atomic E-state index is 9.06. The van der Waals surface area contributed by atoms with Gasteiger partial charge in [-0.25, -0.2) is 0 Å². The van der Waals surface area contributed by atoms with Gasteiger partial charge in [-0.05, 0) is 18.1 Å². The lowest BCUT2D eigenvalue weighted by Gasteiger charge is -2.11. The van der Waals surface area contributed by atoms with Gasteiger partial charge in [0.1, 0.15) is 0 Å². The fraction of sp³-hybridized carbons (Fsp3) is 0.200. The van der Waals surface area contributed by atoms with Crippen molar-refractivity contribution in [2.24, 2.45) is 0 Å². The molecule has 0 spiro atoms. The van der Waals surface area contributed by atoms with Crippen LogP contribution < -0.4 is 0 Å². The Morgan fingerprint density at radius 2 is 2.17 bits per heavy atom. The second kappa shape index (κ2) is 4.39. The quantitative estimate of drug-likeness (QED) is 0.560. The molecule has 0 aliphatic rings. The fourth-order valence-electron chi connectivity index (χ4n) is 1.18. The van der Waals surface area contributed by atoms with Crippen LogP contribution in [0.5, 0.6) is 0 Å². The average molecular weight is 180 g/mol. The van der Waals surface area contributed by atoms with E-state index in [1.807, 2.05) is 31.2 Å². The molecule has 0 bridgehead atoms. The average Bonchev–Trinajstić information content (AvgIpc) is 2.10. The van der Waals surface area contributed by atoms with Gasteiger partial charge in [-0.15, -0.1) is 6.58 Å². The molecule has 12 heavy (non-hydrogen) atoms. The minimum atomic E-state index is -0.0953. The van der Waals surface area contributed by atoms with Crippen molar-refractivity contribution in [2.75, 3.05) is 0 Å². The lowest BCUT2D eigenvalue weighted by atomic mass is 10.1. The molecule has 0 heterocycles. The highest BCUT2D eigenvalue weighted by Gasteiger charge is 2.07. The van der Waals surface area contributed by atoms with Crippen LogP contribution in [0.15, 0.2) is 36.9 Å². The van der Waals surface area contributed by atoms with Crippen molar-refractivity contribution in [3.8, 4) is 0 Å². The highest BCUT2D eigenvalue weighted by Crippen LogP contribution is 2.33. The Kier molecular flexibility index (Phi) is 3.46. The summed E-state index contributed by atoms with van der Waals surface area (Å²) in [6.07, 6.45) is 1.79. The summed E-state index contributed by atoms with van der Waals surface area (Å²) in [5, 5.41) is 0. The van der Waals surface area contributed by atoms with E-state index >= 15 is 0 Å². The SMILES string of the molecule is C=CC(PO)c1ccccc1C. The molecular weight excluding hydrogens is 167 g/mol. The van der Waals surface area contributed by atoms with Gasteiger partial charge < -0.3 is 4.89 Å². The summed E-state index contributed by atoms with van der Waals surface area (Å²) in [6, 6.07) is 8.06. The Labute approximate surface area is 75.0 Å². The minimum Gasteiger partial charge on any atom is -0.376 e. The van der Waals surface area contributed by atoms with Crippen molar-refractivity contribution in [2.45, 2.75) is 12.6 Å². The normalized spacial score (nSPS) is 13.5. The van der Waals surface area contributed by atoms with E-state index in [2.05, 4.69) is 6.58 Å². The molecule has 1 nitrogen and oxygen atoms in total. The molecular formula is C10H13OP. The van der Waals surface area contributed by atoms with Crippen molar-refractivity contribution in [1.29, 1.82) is 0 Å². The first-order chi connectivity index (χ1) is 5.79. The van der Waals surface area contributed by atoms with Crippen LogP contribution in [-0.4, -0.2) is 4.89 Å². The number of rotatable bonds is 3. The van der Waals surface area contributed by atoms with Crippen LogP contribution in [0.25, 0.3) is 0 Å². The van der Waals surface area contributed by atoms with Crippen molar-refractivity contribution < 1.29 is 4.89 Å². The zero-order valence-corrected chi connectivity index (χ0v) is 8.12. The molecule has 0 amide bonds. The Bertz CT molecular complexity index is 270. The second-order valence-electron chi connectivity index (χ2n) is 2.70. The van der Waals surface area contributed by atoms with Crippen LogP contribution in [0.2, 0.25) is 0 Å². The standard InChI is InChI=1S/C10H13OP/c1-3-10(12-11)9-7-5-4-6-8(9)2/h3-7,10-12H,1H2,2H3. The highest BCUT2D eigenvalue weighted by atomic mass is 31.1. The van der Waals surface area contributed by atoms with E-state index in [4.69, 9.17) is 4.89 Å². The van der Waals surface area contributed by atoms with E-state index in [9.17, 15) is 0 Å². The smallest absolute Gasteiger partial charge is 0.0434 e. The summed E-state index contributed by atoms with van der Waals surface area (Å²) in [5.74, 6) is 0. The van der Waals surface area contributed by atoms with Gasteiger partial charge in [0.2, 0.25) is 0 Å². The molecule has 2 atom stereocenters. The maximum Gasteiger partial charge on any atom is 0.0434 e. The van der Waals surface area contributed by atoms with Crippen LogP contribution in [0.3, 0.4) is 0 Å². The fourth-order valence-corrected chi connectivity index (χ4v) is 1.75. The van der Waals surface area contributed by atoms with Crippen molar-refractivity contribution in [1.82, 2.24) is 0 Å². The molecule has 0 saturated carbocycles. The Morgan fingerprint density at radius 1 is 1.50 bits per heavy atom. The predicted molar refractivity (Wildman–Crippen MR) is 54.7 cm³/mol. The third-order valence-corrected chi connectivity index (χ3v) is 2.72. The number of hydrogen-bond donors (Lipinski definition) is 1. The van der Waals surface area contributed by atoms with E-state index in [0.717, 1.165) is 0 Å². The molecule has 0 radical (unpaired) electrons. The molecule has 1 N–H and O–H groups in total. The van der Waals surface area contributed by atoms with Gasteiger partial charge in [0, 0.05) is 14.5 Å². The van der Waals surface area contributed by atoms with Crippen LogP contribution in [0.1, 0.15) is 16.8 Å². The van der Waals surface area contributed by atoms with Gasteiger partial charge in [-0.1, -0.05) is 30.3 Å². The van der Waals surface area contributed by atoms with Gasteiger partial charge in [0.25, 0.3) is 0 Å². The molecule has 2 heteroatoms. The van der Waals surface area contributed by atoms with Gasteiger partial charge in [0.15, 0.2) is 0 Å². The van der Waals surface area contributed by atoms with E-state index < -0.39 is 0 Å². The van der Waals surface area contributed by atoms with Gasteiger partial charge in [-0.2, -0.15) is 0 Å². The zero-order chi connectivity index (χ0) is 8.97. The van der Waals surface area contributed by atoms with Gasteiger partial charge in [-0.3, -0.25) is 0 Å².